The lowest BCUT2D eigenvalue weighted by Crippen LogP contribution is -2.26. The predicted octanol–water partition coefficient (Wildman–Crippen LogP) is 2.49. The molecular formula is C14H24N2O2. The molecule has 4 heteroatoms. The van der Waals surface area contributed by atoms with Crippen LogP contribution in [0.3, 0.4) is 0 Å². The Morgan fingerprint density at radius 2 is 2.06 bits per heavy atom. The molecule has 0 aliphatic heterocycles. The van der Waals surface area contributed by atoms with Crippen molar-refractivity contribution in [3.63, 3.8) is 0 Å². The Hall–Kier alpha value is -1.42. The normalized spacial score (nSPS) is 14.0. The van der Waals surface area contributed by atoms with E-state index in [4.69, 9.17) is 15.6 Å². The third kappa shape index (κ3) is 4.45. The summed E-state index contributed by atoms with van der Waals surface area (Å²) in [6.45, 7) is 6.95. The first-order valence-electron chi connectivity index (χ1n) is 6.47. The zero-order chi connectivity index (χ0) is 13.5. The molecule has 0 aliphatic rings. The van der Waals surface area contributed by atoms with Gasteiger partial charge in [0, 0.05) is 36.2 Å². The number of aliphatic hydroxyl groups is 1. The summed E-state index contributed by atoms with van der Waals surface area (Å²) in [6.07, 6.45) is 0.968. The number of benzene rings is 1. The van der Waals surface area contributed by atoms with Gasteiger partial charge in [0.15, 0.2) is 0 Å². The molecule has 0 heterocycles. The summed E-state index contributed by atoms with van der Waals surface area (Å²) in [4.78, 5) is 0. The van der Waals surface area contributed by atoms with E-state index < -0.39 is 0 Å². The summed E-state index contributed by atoms with van der Waals surface area (Å²) >= 11 is 0. The second-order valence-electron chi connectivity index (χ2n) is 4.73. The highest BCUT2D eigenvalue weighted by atomic mass is 16.5. The highest BCUT2D eigenvalue weighted by molar-refractivity contribution is 5.59. The van der Waals surface area contributed by atoms with Gasteiger partial charge in [-0.05, 0) is 25.3 Å². The molecule has 4 nitrogen and oxygen atoms in total. The first-order chi connectivity index (χ1) is 8.56. The Bertz CT molecular complexity index is 369. The smallest absolute Gasteiger partial charge is 0.123 e. The molecule has 0 spiro atoms. The van der Waals surface area contributed by atoms with Crippen LogP contribution in [0.25, 0.3) is 0 Å². The van der Waals surface area contributed by atoms with Gasteiger partial charge in [-0.2, -0.15) is 0 Å². The molecule has 0 fully saturated rings. The minimum Gasteiger partial charge on any atom is -0.493 e. The summed E-state index contributed by atoms with van der Waals surface area (Å²) in [7, 11) is 0. The van der Waals surface area contributed by atoms with Crippen LogP contribution in [0.4, 0.5) is 11.4 Å². The number of nitrogen functional groups attached to an aromatic ring is 1. The zero-order valence-electron chi connectivity index (χ0n) is 11.4. The molecule has 1 aromatic carbocycles. The van der Waals surface area contributed by atoms with E-state index in [0.29, 0.717) is 12.3 Å². The molecule has 0 radical (unpaired) electrons. The van der Waals surface area contributed by atoms with E-state index in [2.05, 4.69) is 12.2 Å². The first-order valence-corrected chi connectivity index (χ1v) is 6.47. The van der Waals surface area contributed by atoms with Gasteiger partial charge < -0.3 is 20.9 Å². The average molecular weight is 252 g/mol. The van der Waals surface area contributed by atoms with E-state index in [1.54, 1.807) is 0 Å². The molecule has 2 unspecified atom stereocenters. The van der Waals surface area contributed by atoms with Gasteiger partial charge in [0.25, 0.3) is 0 Å². The standard InChI is InChI=1S/C14H24N2O2/c1-4-5-18-14-7-12(15)6-13(8-14)16-11(3)10(2)9-17/h6-8,10-11,16-17H,4-5,9,15H2,1-3H3. The maximum absolute atomic E-state index is 9.12. The molecule has 102 valence electrons. The molecule has 0 amide bonds. The molecule has 0 aromatic heterocycles. The Morgan fingerprint density at radius 1 is 1.33 bits per heavy atom. The number of rotatable bonds is 7. The number of ether oxygens (including phenoxy) is 1. The molecule has 4 N–H and O–H groups in total. The number of hydrogen-bond donors (Lipinski definition) is 3. The van der Waals surface area contributed by atoms with Gasteiger partial charge in [0.2, 0.25) is 0 Å². The van der Waals surface area contributed by atoms with E-state index >= 15 is 0 Å². The number of nitrogens with two attached hydrogens (primary N) is 1. The van der Waals surface area contributed by atoms with Crippen LogP contribution >= 0.6 is 0 Å². The van der Waals surface area contributed by atoms with Crippen molar-refractivity contribution in [2.24, 2.45) is 5.92 Å². The van der Waals surface area contributed by atoms with Crippen LogP contribution in [0.1, 0.15) is 27.2 Å². The predicted molar refractivity (Wildman–Crippen MR) is 76.0 cm³/mol. The minimum atomic E-state index is 0.162. The van der Waals surface area contributed by atoms with E-state index in [0.717, 1.165) is 17.9 Å². The van der Waals surface area contributed by atoms with E-state index in [1.807, 2.05) is 32.0 Å². The molecule has 18 heavy (non-hydrogen) atoms. The van der Waals surface area contributed by atoms with Crippen LogP contribution < -0.4 is 15.8 Å². The fourth-order valence-electron chi connectivity index (χ4n) is 1.57. The monoisotopic (exact) mass is 252 g/mol. The van der Waals surface area contributed by atoms with Crippen molar-refractivity contribution in [2.45, 2.75) is 33.2 Å². The van der Waals surface area contributed by atoms with E-state index in [-0.39, 0.29) is 18.6 Å². The van der Waals surface area contributed by atoms with Crippen molar-refractivity contribution in [2.75, 3.05) is 24.3 Å². The number of anilines is 2. The average Bonchev–Trinajstić information content (AvgIpc) is 2.34. The van der Waals surface area contributed by atoms with Gasteiger partial charge in [0.05, 0.1) is 6.61 Å². The van der Waals surface area contributed by atoms with Gasteiger partial charge in [-0.25, -0.2) is 0 Å². The van der Waals surface area contributed by atoms with Crippen molar-refractivity contribution in [3.8, 4) is 5.75 Å². The van der Waals surface area contributed by atoms with Crippen LogP contribution in [0.15, 0.2) is 18.2 Å². The topological polar surface area (TPSA) is 67.5 Å². The first kappa shape index (κ1) is 14.6. The van der Waals surface area contributed by atoms with E-state index in [1.165, 1.54) is 0 Å². The Balaban J connectivity index is 2.73. The van der Waals surface area contributed by atoms with Crippen LogP contribution in [0, 0.1) is 5.92 Å². The van der Waals surface area contributed by atoms with Gasteiger partial charge in [-0.15, -0.1) is 0 Å². The van der Waals surface area contributed by atoms with Crippen LogP contribution in [-0.2, 0) is 0 Å². The van der Waals surface area contributed by atoms with Crippen LogP contribution in [-0.4, -0.2) is 24.4 Å². The number of hydrogen-bond acceptors (Lipinski definition) is 4. The van der Waals surface area contributed by atoms with Crippen molar-refractivity contribution in [1.82, 2.24) is 0 Å². The van der Waals surface area contributed by atoms with Crippen molar-refractivity contribution in [3.05, 3.63) is 18.2 Å². The van der Waals surface area contributed by atoms with E-state index in [9.17, 15) is 0 Å². The fraction of sp³-hybridized carbons (Fsp3) is 0.571. The van der Waals surface area contributed by atoms with Gasteiger partial charge >= 0.3 is 0 Å². The SMILES string of the molecule is CCCOc1cc(N)cc(NC(C)C(C)CO)c1. The molecule has 1 aromatic rings. The Morgan fingerprint density at radius 3 is 2.67 bits per heavy atom. The van der Waals surface area contributed by atoms with Gasteiger partial charge in [-0.3, -0.25) is 0 Å². The second-order valence-corrected chi connectivity index (χ2v) is 4.73. The second kappa shape index (κ2) is 7.11. The quantitative estimate of drug-likeness (QED) is 0.652. The summed E-state index contributed by atoms with van der Waals surface area (Å²) < 4.78 is 5.58. The molecule has 0 bridgehead atoms. The molecule has 0 saturated carbocycles. The maximum Gasteiger partial charge on any atom is 0.123 e. The van der Waals surface area contributed by atoms with Gasteiger partial charge in [-0.1, -0.05) is 13.8 Å². The number of aliphatic hydroxyl groups excluding tert-OH is 1. The lowest BCUT2D eigenvalue weighted by Gasteiger charge is -2.21. The summed E-state index contributed by atoms with van der Waals surface area (Å²) in [5, 5.41) is 12.4. The molecule has 0 saturated heterocycles. The van der Waals surface area contributed by atoms with Crippen molar-refractivity contribution < 1.29 is 9.84 Å². The van der Waals surface area contributed by atoms with Crippen molar-refractivity contribution >= 4 is 11.4 Å². The summed E-state index contributed by atoms with van der Waals surface area (Å²) in [5.74, 6) is 0.967. The summed E-state index contributed by atoms with van der Waals surface area (Å²) in [5.41, 5.74) is 7.45. The van der Waals surface area contributed by atoms with Crippen molar-refractivity contribution in [1.29, 1.82) is 0 Å². The molecule has 1 rings (SSSR count). The van der Waals surface area contributed by atoms with Crippen LogP contribution in [0.2, 0.25) is 0 Å². The third-order valence-corrected chi connectivity index (χ3v) is 2.94. The highest BCUT2D eigenvalue weighted by Gasteiger charge is 2.11. The maximum atomic E-state index is 9.12. The molecule has 0 aliphatic carbocycles. The lowest BCUT2D eigenvalue weighted by atomic mass is 10.0. The fourth-order valence-corrected chi connectivity index (χ4v) is 1.57. The Labute approximate surface area is 109 Å². The zero-order valence-corrected chi connectivity index (χ0v) is 11.4. The minimum absolute atomic E-state index is 0.162. The Kier molecular flexibility index (Phi) is 5.78. The third-order valence-electron chi connectivity index (χ3n) is 2.94. The van der Waals surface area contributed by atoms with Crippen LogP contribution in [0.5, 0.6) is 5.75 Å². The number of nitrogens with one attached hydrogen (secondary N) is 1. The van der Waals surface area contributed by atoms with Gasteiger partial charge in [0.1, 0.15) is 5.75 Å². The molecule has 2 atom stereocenters. The largest absolute Gasteiger partial charge is 0.493 e. The summed E-state index contributed by atoms with van der Waals surface area (Å²) in [6, 6.07) is 5.81. The molecular weight excluding hydrogens is 228 g/mol. The lowest BCUT2D eigenvalue weighted by molar-refractivity contribution is 0.226. The highest BCUT2D eigenvalue weighted by Crippen LogP contribution is 2.24.